The van der Waals surface area contributed by atoms with Gasteiger partial charge in [-0.3, -0.25) is 14.9 Å². The van der Waals surface area contributed by atoms with E-state index in [-0.39, 0.29) is 16.8 Å². The quantitative estimate of drug-likeness (QED) is 0.475. The Kier molecular flexibility index (Phi) is 4.38. The molecule has 5 nitrogen and oxygen atoms in total. The van der Waals surface area contributed by atoms with Crippen LogP contribution in [0.3, 0.4) is 0 Å². The van der Waals surface area contributed by atoms with Crippen molar-refractivity contribution in [3.05, 3.63) is 34.4 Å². The van der Waals surface area contributed by atoms with Gasteiger partial charge in [0.25, 0.3) is 5.69 Å². The molecule has 1 aromatic carbocycles. The summed E-state index contributed by atoms with van der Waals surface area (Å²) in [6, 6.07) is 6.72. The number of benzene rings is 1. The molecule has 6 heteroatoms. The third kappa shape index (κ3) is 3.80. The zero-order valence-corrected chi connectivity index (χ0v) is 13.3. The van der Waals surface area contributed by atoms with Crippen molar-refractivity contribution in [3.8, 4) is 0 Å². The number of nitrogens with zero attached hydrogens (tertiary/aromatic N) is 1. The summed E-state index contributed by atoms with van der Waals surface area (Å²) in [5.41, 5.74) is 0.0731. The summed E-state index contributed by atoms with van der Waals surface area (Å²) in [7, 11) is 0. The van der Waals surface area contributed by atoms with Crippen LogP contribution in [0.1, 0.15) is 32.6 Å². The van der Waals surface area contributed by atoms with Crippen LogP contribution >= 0.6 is 11.8 Å². The second-order valence-electron chi connectivity index (χ2n) is 6.22. The average Bonchev–Trinajstić information content (AvgIpc) is 3.38. The molecule has 0 saturated heterocycles. The Hall–Kier alpha value is -1.56. The van der Waals surface area contributed by atoms with E-state index in [0.29, 0.717) is 17.9 Å². The van der Waals surface area contributed by atoms with Gasteiger partial charge < -0.3 is 5.32 Å². The first-order valence-electron chi connectivity index (χ1n) is 7.76. The molecule has 118 valence electrons. The lowest BCUT2D eigenvalue weighted by Gasteiger charge is -2.20. The summed E-state index contributed by atoms with van der Waals surface area (Å²) >= 11 is 1.44. The van der Waals surface area contributed by atoms with Gasteiger partial charge >= 0.3 is 0 Å². The minimum atomic E-state index is -0.416. The predicted octanol–water partition coefficient (Wildman–Crippen LogP) is 3.38. The summed E-state index contributed by atoms with van der Waals surface area (Å²) in [4.78, 5) is 23.5. The third-order valence-electron chi connectivity index (χ3n) is 4.30. The Morgan fingerprint density at radius 3 is 2.23 bits per heavy atom. The lowest BCUT2D eigenvalue weighted by molar-refractivity contribution is -0.384. The number of nitro benzene ring substituents is 1. The molecular formula is C16H20N2O3S. The minimum absolute atomic E-state index is 0.0731. The van der Waals surface area contributed by atoms with Gasteiger partial charge in [-0.15, -0.1) is 11.8 Å². The number of rotatable bonds is 7. The average molecular weight is 320 g/mol. The van der Waals surface area contributed by atoms with Crippen molar-refractivity contribution in [2.24, 2.45) is 11.8 Å². The molecular weight excluding hydrogens is 300 g/mol. The molecule has 1 unspecified atom stereocenters. The van der Waals surface area contributed by atoms with E-state index in [9.17, 15) is 14.9 Å². The summed E-state index contributed by atoms with van der Waals surface area (Å²) < 4.78 is 0. The Balaban J connectivity index is 1.54. The molecule has 1 atom stereocenters. The highest BCUT2D eigenvalue weighted by atomic mass is 32.2. The van der Waals surface area contributed by atoms with E-state index in [4.69, 9.17) is 0 Å². The first-order valence-corrected chi connectivity index (χ1v) is 8.64. The van der Waals surface area contributed by atoms with E-state index in [2.05, 4.69) is 5.32 Å². The van der Waals surface area contributed by atoms with E-state index >= 15 is 0 Å². The third-order valence-corrected chi connectivity index (χ3v) is 5.41. The fourth-order valence-electron chi connectivity index (χ4n) is 2.72. The second kappa shape index (κ2) is 6.28. The molecule has 22 heavy (non-hydrogen) atoms. The SMILES string of the molecule is CC(Sc1ccc([N+](=O)[O-])cc1)C(=O)NC(C1CC1)C1CC1. The largest absolute Gasteiger partial charge is 0.352 e. The van der Waals surface area contributed by atoms with Crippen LogP contribution < -0.4 is 5.32 Å². The number of hydrogen-bond donors (Lipinski definition) is 1. The van der Waals surface area contributed by atoms with Crippen molar-refractivity contribution in [1.82, 2.24) is 5.32 Å². The van der Waals surface area contributed by atoms with Crippen LogP contribution in [-0.2, 0) is 4.79 Å². The van der Waals surface area contributed by atoms with Crippen molar-refractivity contribution in [2.75, 3.05) is 0 Å². The number of carbonyl (C=O) groups excluding carboxylic acids is 1. The van der Waals surface area contributed by atoms with Crippen LogP contribution in [0.5, 0.6) is 0 Å². The molecule has 2 aliphatic rings. The number of carbonyl (C=O) groups is 1. The summed E-state index contributed by atoms with van der Waals surface area (Å²) in [6.07, 6.45) is 4.97. The molecule has 2 fully saturated rings. The number of non-ortho nitro benzene ring substituents is 1. The van der Waals surface area contributed by atoms with Crippen LogP contribution in [0.25, 0.3) is 0 Å². The van der Waals surface area contributed by atoms with Crippen LogP contribution in [0.2, 0.25) is 0 Å². The molecule has 2 saturated carbocycles. The van der Waals surface area contributed by atoms with Gasteiger partial charge in [-0.1, -0.05) is 0 Å². The molecule has 1 amide bonds. The molecule has 3 rings (SSSR count). The molecule has 0 bridgehead atoms. The van der Waals surface area contributed by atoms with Gasteiger partial charge in [0, 0.05) is 23.1 Å². The van der Waals surface area contributed by atoms with Gasteiger partial charge in [0.1, 0.15) is 0 Å². The molecule has 2 aliphatic carbocycles. The first kappa shape index (κ1) is 15.3. The molecule has 0 aromatic heterocycles. The number of nitrogens with one attached hydrogen (secondary N) is 1. The summed E-state index contributed by atoms with van der Waals surface area (Å²) in [5.74, 6) is 1.45. The lowest BCUT2D eigenvalue weighted by Crippen LogP contribution is -2.41. The Morgan fingerprint density at radius 1 is 1.23 bits per heavy atom. The van der Waals surface area contributed by atoms with Crippen LogP contribution in [0, 0.1) is 22.0 Å². The highest BCUT2D eigenvalue weighted by Crippen LogP contribution is 2.44. The van der Waals surface area contributed by atoms with Gasteiger partial charge in [-0.25, -0.2) is 0 Å². The number of thioether (sulfide) groups is 1. The number of amides is 1. The highest BCUT2D eigenvalue weighted by molar-refractivity contribution is 8.00. The van der Waals surface area contributed by atoms with E-state index in [0.717, 1.165) is 4.90 Å². The standard InChI is InChI=1S/C16H20N2O3S/c1-10(22-14-8-6-13(7-9-14)18(20)21)16(19)17-15(11-2-3-11)12-4-5-12/h6-12,15H,2-5H2,1H3,(H,17,19). The first-order chi connectivity index (χ1) is 10.5. The highest BCUT2D eigenvalue weighted by Gasteiger charge is 2.42. The van der Waals surface area contributed by atoms with Crippen molar-refractivity contribution >= 4 is 23.4 Å². The maximum Gasteiger partial charge on any atom is 0.269 e. The van der Waals surface area contributed by atoms with E-state index < -0.39 is 4.92 Å². The summed E-state index contributed by atoms with van der Waals surface area (Å²) in [5, 5.41) is 13.7. The Labute approximate surface area is 134 Å². The molecule has 0 radical (unpaired) electrons. The minimum Gasteiger partial charge on any atom is -0.352 e. The van der Waals surface area contributed by atoms with Gasteiger partial charge in [0.05, 0.1) is 10.2 Å². The second-order valence-corrected chi connectivity index (χ2v) is 7.63. The van der Waals surface area contributed by atoms with Gasteiger partial charge in [-0.05, 0) is 56.6 Å². The fourth-order valence-corrected chi connectivity index (χ4v) is 3.59. The van der Waals surface area contributed by atoms with E-state index in [1.54, 1.807) is 12.1 Å². The normalized spacial score (nSPS) is 19.0. The number of nitro groups is 1. The molecule has 1 aromatic rings. The zero-order chi connectivity index (χ0) is 15.7. The van der Waals surface area contributed by atoms with Crippen molar-refractivity contribution in [2.45, 2.75) is 48.8 Å². The summed E-state index contributed by atoms with van der Waals surface area (Å²) in [6.45, 7) is 1.89. The van der Waals surface area contributed by atoms with Crippen LogP contribution in [0.15, 0.2) is 29.2 Å². The van der Waals surface area contributed by atoms with Crippen LogP contribution in [-0.4, -0.2) is 22.1 Å². The van der Waals surface area contributed by atoms with Gasteiger partial charge in [0.2, 0.25) is 5.91 Å². The van der Waals surface area contributed by atoms with Gasteiger partial charge in [0.15, 0.2) is 0 Å². The zero-order valence-electron chi connectivity index (χ0n) is 12.5. The topological polar surface area (TPSA) is 72.2 Å². The Morgan fingerprint density at radius 2 is 1.77 bits per heavy atom. The monoisotopic (exact) mass is 320 g/mol. The molecule has 1 N–H and O–H groups in total. The lowest BCUT2D eigenvalue weighted by atomic mass is 10.1. The van der Waals surface area contributed by atoms with Crippen molar-refractivity contribution in [1.29, 1.82) is 0 Å². The Bertz CT molecular complexity index is 555. The smallest absolute Gasteiger partial charge is 0.269 e. The van der Waals surface area contributed by atoms with Crippen molar-refractivity contribution < 1.29 is 9.72 Å². The van der Waals surface area contributed by atoms with Crippen LogP contribution in [0.4, 0.5) is 5.69 Å². The number of hydrogen-bond acceptors (Lipinski definition) is 4. The molecule has 0 heterocycles. The maximum atomic E-state index is 12.4. The molecule has 0 spiro atoms. The predicted molar refractivity (Wildman–Crippen MR) is 85.8 cm³/mol. The molecule has 0 aliphatic heterocycles. The van der Waals surface area contributed by atoms with E-state index in [1.165, 1.54) is 49.6 Å². The van der Waals surface area contributed by atoms with Crippen molar-refractivity contribution in [3.63, 3.8) is 0 Å². The maximum absolute atomic E-state index is 12.4. The van der Waals surface area contributed by atoms with E-state index in [1.807, 2.05) is 6.92 Å². The van der Waals surface area contributed by atoms with Gasteiger partial charge in [-0.2, -0.15) is 0 Å². The fraction of sp³-hybridized carbons (Fsp3) is 0.562.